The fraction of sp³-hybridized carbons (Fsp3) is 0.727. The molecule has 1 rings (SSSR count). The van der Waals surface area contributed by atoms with Crippen LogP contribution in [0.4, 0.5) is 0 Å². The Kier molecular flexibility index (Phi) is 4.82. The van der Waals surface area contributed by atoms with Gasteiger partial charge in [0.1, 0.15) is 5.60 Å². The van der Waals surface area contributed by atoms with E-state index in [1.165, 1.54) is 0 Å². The van der Waals surface area contributed by atoms with Crippen molar-refractivity contribution < 1.29 is 9.53 Å². The van der Waals surface area contributed by atoms with Crippen LogP contribution < -0.4 is 0 Å². The Hall–Kier alpha value is -0.150. The summed E-state index contributed by atoms with van der Waals surface area (Å²) in [6.45, 7) is 0. The largest absolute Gasteiger partial charge is 0.370 e. The first kappa shape index (κ1) is 11.9. The summed E-state index contributed by atoms with van der Waals surface area (Å²) in [6.07, 6.45) is 8.43. The molecule has 0 amide bonds. The number of methoxy groups -OCH3 is 1. The van der Waals surface area contributed by atoms with Crippen LogP contribution in [0.2, 0.25) is 0 Å². The van der Waals surface area contributed by atoms with Crippen LogP contribution in [0.1, 0.15) is 32.1 Å². The van der Waals surface area contributed by atoms with Gasteiger partial charge >= 0.3 is 0 Å². The van der Waals surface area contributed by atoms with Crippen molar-refractivity contribution in [1.82, 2.24) is 0 Å². The number of Topliss-reactive ketones (excluding diaryl/α,β-unsaturated/α-hetero) is 1. The van der Waals surface area contributed by atoms with Gasteiger partial charge in [0.05, 0.1) is 0 Å². The maximum absolute atomic E-state index is 11.8. The third-order valence-corrected chi connectivity index (χ3v) is 3.21. The molecular formula is C11H17BrO2. The number of hydrogen-bond donors (Lipinski definition) is 0. The van der Waals surface area contributed by atoms with E-state index in [0.29, 0.717) is 12.8 Å². The Bertz CT molecular complexity index is 225. The van der Waals surface area contributed by atoms with Gasteiger partial charge in [-0.15, -0.1) is 0 Å². The molecule has 0 bridgehead atoms. The van der Waals surface area contributed by atoms with Crippen molar-refractivity contribution in [2.24, 2.45) is 0 Å². The van der Waals surface area contributed by atoms with Crippen LogP contribution in [0.3, 0.4) is 0 Å². The molecule has 1 saturated carbocycles. The molecule has 80 valence electrons. The monoisotopic (exact) mass is 260 g/mol. The second-order valence-corrected chi connectivity index (χ2v) is 4.31. The highest BCUT2D eigenvalue weighted by Gasteiger charge is 2.38. The Balaban J connectivity index is 2.63. The number of allylic oxidation sites excluding steroid dienone is 1. The molecule has 1 aliphatic rings. The van der Waals surface area contributed by atoms with Gasteiger partial charge in [-0.25, -0.2) is 0 Å². The molecule has 1 unspecified atom stereocenters. The van der Waals surface area contributed by atoms with Gasteiger partial charge < -0.3 is 4.74 Å². The molecule has 1 atom stereocenters. The zero-order chi connectivity index (χ0) is 10.4. The molecule has 0 N–H and O–H groups in total. The zero-order valence-corrected chi connectivity index (χ0v) is 10.2. The summed E-state index contributed by atoms with van der Waals surface area (Å²) in [6, 6.07) is 0. The Morgan fingerprint density at radius 3 is 2.86 bits per heavy atom. The minimum Gasteiger partial charge on any atom is -0.370 e. The number of carbonyl (C=O) groups excluding carboxylic acids is 1. The second-order valence-electron chi connectivity index (χ2n) is 3.66. The number of halogens is 1. The van der Waals surface area contributed by atoms with Crippen LogP contribution in [0.25, 0.3) is 0 Å². The summed E-state index contributed by atoms with van der Waals surface area (Å²) in [7, 11) is 1.64. The van der Waals surface area contributed by atoms with Crippen LogP contribution in [0.15, 0.2) is 12.2 Å². The smallest absolute Gasteiger partial charge is 0.164 e. The van der Waals surface area contributed by atoms with Gasteiger partial charge in [0.15, 0.2) is 5.78 Å². The van der Waals surface area contributed by atoms with Gasteiger partial charge in [0.2, 0.25) is 0 Å². The fourth-order valence-corrected chi connectivity index (χ4v) is 2.18. The zero-order valence-electron chi connectivity index (χ0n) is 8.59. The maximum Gasteiger partial charge on any atom is 0.164 e. The van der Waals surface area contributed by atoms with E-state index in [1.807, 2.05) is 12.2 Å². The Labute approximate surface area is 93.8 Å². The van der Waals surface area contributed by atoms with Crippen molar-refractivity contribution in [1.29, 1.82) is 0 Å². The number of ether oxygens (including phenoxy) is 1. The molecule has 2 nitrogen and oxygen atoms in total. The first-order chi connectivity index (χ1) is 6.75. The third kappa shape index (κ3) is 2.67. The van der Waals surface area contributed by atoms with Crippen LogP contribution in [0.5, 0.6) is 0 Å². The summed E-state index contributed by atoms with van der Waals surface area (Å²) in [5.41, 5.74) is -0.517. The van der Waals surface area contributed by atoms with Crippen molar-refractivity contribution in [3.05, 3.63) is 12.2 Å². The van der Waals surface area contributed by atoms with Gasteiger partial charge in [0.25, 0.3) is 0 Å². The minimum absolute atomic E-state index is 0.269. The molecule has 0 heterocycles. The number of alkyl halides is 1. The van der Waals surface area contributed by atoms with Crippen molar-refractivity contribution in [2.45, 2.75) is 37.7 Å². The predicted molar refractivity (Wildman–Crippen MR) is 60.8 cm³/mol. The number of hydrogen-bond acceptors (Lipinski definition) is 2. The van der Waals surface area contributed by atoms with Crippen molar-refractivity contribution >= 4 is 21.7 Å². The normalized spacial score (nSPS) is 28.6. The molecule has 0 aromatic heterocycles. The SMILES string of the molecule is COC1(C/C=C/CBr)CCCCC1=O. The number of carbonyl (C=O) groups is 1. The summed E-state index contributed by atoms with van der Waals surface area (Å²) in [5.74, 6) is 0.269. The molecule has 14 heavy (non-hydrogen) atoms. The average molecular weight is 261 g/mol. The quantitative estimate of drug-likeness (QED) is 0.574. The summed E-state index contributed by atoms with van der Waals surface area (Å²) in [5, 5.41) is 0.834. The van der Waals surface area contributed by atoms with E-state index in [-0.39, 0.29) is 5.78 Å². The second kappa shape index (κ2) is 5.66. The average Bonchev–Trinajstić information content (AvgIpc) is 2.21. The van der Waals surface area contributed by atoms with E-state index in [0.717, 1.165) is 24.6 Å². The standard InChI is InChI=1S/C11H17BrO2/c1-14-11(8-4-5-9-12)7-3-2-6-10(11)13/h4-5H,2-3,6-9H2,1H3/b5-4+. The van der Waals surface area contributed by atoms with E-state index < -0.39 is 5.60 Å². The molecule has 0 aromatic rings. The fourth-order valence-electron chi connectivity index (χ4n) is 1.92. The van der Waals surface area contributed by atoms with Gasteiger partial charge in [-0.05, 0) is 19.3 Å². The van der Waals surface area contributed by atoms with Crippen LogP contribution in [0, 0.1) is 0 Å². The van der Waals surface area contributed by atoms with Gasteiger partial charge in [0, 0.05) is 25.3 Å². The molecule has 0 radical (unpaired) electrons. The van der Waals surface area contributed by atoms with E-state index in [2.05, 4.69) is 15.9 Å². The lowest BCUT2D eigenvalue weighted by molar-refractivity contribution is -0.144. The molecule has 1 fully saturated rings. The number of rotatable bonds is 4. The molecule has 0 aliphatic heterocycles. The molecular weight excluding hydrogens is 244 g/mol. The molecule has 0 aromatic carbocycles. The van der Waals surface area contributed by atoms with Crippen LogP contribution in [-0.2, 0) is 9.53 Å². The lowest BCUT2D eigenvalue weighted by atomic mass is 9.81. The van der Waals surface area contributed by atoms with Gasteiger partial charge in [-0.3, -0.25) is 4.79 Å². The lowest BCUT2D eigenvalue weighted by Crippen LogP contribution is -2.42. The van der Waals surface area contributed by atoms with Gasteiger partial charge in [-0.2, -0.15) is 0 Å². The van der Waals surface area contributed by atoms with Crippen molar-refractivity contribution in [3.63, 3.8) is 0 Å². The molecule has 3 heteroatoms. The van der Waals surface area contributed by atoms with E-state index in [1.54, 1.807) is 7.11 Å². The predicted octanol–water partition coefficient (Wildman–Crippen LogP) is 2.86. The van der Waals surface area contributed by atoms with Gasteiger partial charge in [-0.1, -0.05) is 28.1 Å². The lowest BCUT2D eigenvalue weighted by Gasteiger charge is -2.33. The van der Waals surface area contributed by atoms with E-state index in [4.69, 9.17) is 4.74 Å². The Morgan fingerprint density at radius 1 is 1.50 bits per heavy atom. The minimum atomic E-state index is -0.517. The van der Waals surface area contributed by atoms with Crippen LogP contribution in [-0.4, -0.2) is 23.8 Å². The first-order valence-corrected chi connectivity index (χ1v) is 6.17. The van der Waals surface area contributed by atoms with Crippen molar-refractivity contribution in [2.75, 3.05) is 12.4 Å². The molecule has 0 spiro atoms. The van der Waals surface area contributed by atoms with E-state index >= 15 is 0 Å². The van der Waals surface area contributed by atoms with Crippen LogP contribution >= 0.6 is 15.9 Å². The summed E-state index contributed by atoms with van der Waals surface area (Å²) < 4.78 is 5.42. The third-order valence-electron chi connectivity index (χ3n) is 2.84. The highest BCUT2D eigenvalue weighted by atomic mass is 79.9. The maximum atomic E-state index is 11.8. The van der Waals surface area contributed by atoms with Crippen molar-refractivity contribution in [3.8, 4) is 0 Å². The summed E-state index contributed by atoms with van der Waals surface area (Å²) >= 11 is 3.32. The highest BCUT2D eigenvalue weighted by molar-refractivity contribution is 9.09. The molecule has 1 aliphatic carbocycles. The topological polar surface area (TPSA) is 26.3 Å². The number of ketones is 1. The summed E-state index contributed by atoms with van der Waals surface area (Å²) in [4.78, 5) is 11.8. The Morgan fingerprint density at radius 2 is 2.29 bits per heavy atom. The van der Waals surface area contributed by atoms with E-state index in [9.17, 15) is 4.79 Å². The highest BCUT2D eigenvalue weighted by Crippen LogP contribution is 2.31. The first-order valence-electron chi connectivity index (χ1n) is 5.04. The molecule has 0 saturated heterocycles.